The van der Waals surface area contributed by atoms with E-state index in [-0.39, 0.29) is 16.7 Å². The molecule has 0 amide bonds. The molecule has 110 valence electrons. The molecule has 0 unspecified atom stereocenters. The summed E-state index contributed by atoms with van der Waals surface area (Å²) in [7, 11) is 0. The second-order valence-electron chi connectivity index (χ2n) is 5.56. The molecular weight excluding hydrogens is 256 g/mol. The van der Waals surface area contributed by atoms with Crippen molar-refractivity contribution in [3.8, 4) is 0 Å². The molecule has 0 spiro atoms. The zero-order chi connectivity index (χ0) is 14.5. The van der Waals surface area contributed by atoms with Gasteiger partial charge in [-0.1, -0.05) is 0 Å². The van der Waals surface area contributed by atoms with Crippen molar-refractivity contribution in [3.05, 3.63) is 28.6 Å². The van der Waals surface area contributed by atoms with Gasteiger partial charge in [-0.2, -0.15) is 0 Å². The van der Waals surface area contributed by atoms with Gasteiger partial charge in [-0.25, -0.2) is 0 Å². The molecule has 0 aliphatic carbocycles. The second kappa shape index (κ2) is 6.65. The Bertz CT molecular complexity index is 458. The molecule has 0 radical (unpaired) electrons. The molecule has 0 aromatic carbocycles. The minimum absolute atomic E-state index is 0.0927. The summed E-state index contributed by atoms with van der Waals surface area (Å²) in [4.78, 5) is 16.8. The smallest absolute Gasteiger partial charge is 0.310 e. The first-order valence-corrected chi connectivity index (χ1v) is 7.15. The first-order chi connectivity index (χ1) is 9.59. The summed E-state index contributed by atoms with van der Waals surface area (Å²) in [5.41, 5.74) is 0.772. The van der Waals surface area contributed by atoms with Crippen LogP contribution < -0.4 is 10.2 Å². The van der Waals surface area contributed by atoms with Crippen molar-refractivity contribution >= 4 is 11.4 Å². The van der Waals surface area contributed by atoms with Gasteiger partial charge in [-0.05, 0) is 51.8 Å². The third-order valence-electron chi connectivity index (χ3n) is 3.82. The third-order valence-corrected chi connectivity index (χ3v) is 3.82. The number of rotatable bonds is 5. The highest BCUT2D eigenvalue weighted by Crippen LogP contribution is 2.30. The van der Waals surface area contributed by atoms with Gasteiger partial charge >= 0.3 is 5.69 Å². The van der Waals surface area contributed by atoms with Gasteiger partial charge in [0, 0.05) is 18.8 Å². The van der Waals surface area contributed by atoms with Crippen molar-refractivity contribution in [1.29, 1.82) is 0 Å². The zero-order valence-electron chi connectivity index (χ0n) is 12.1. The standard InChI is InChI=1S/C14H22N4O2/c1-11(2)17(10-12-3-6-15-7-4-12)13-5-8-16-9-14(13)18(19)20/h5,8-9,11-12,15H,3-4,6-7,10H2,1-2H3. The average molecular weight is 278 g/mol. The van der Waals surface area contributed by atoms with E-state index in [1.54, 1.807) is 12.3 Å². The lowest BCUT2D eigenvalue weighted by Gasteiger charge is -2.34. The third kappa shape index (κ3) is 3.45. The van der Waals surface area contributed by atoms with E-state index in [0.717, 1.165) is 32.5 Å². The summed E-state index contributed by atoms with van der Waals surface area (Å²) < 4.78 is 0. The number of hydrogen-bond donors (Lipinski definition) is 1. The maximum atomic E-state index is 11.2. The van der Waals surface area contributed by atoms with Gasteiger partial charge < -0.3 is 10.2 Å². The molecule has 20 heavy (non-hydrogen) atoms. The fraction of sp³-hybridized carbons (Fsp3) is 0.643. The molecule has 0 saturated carbocycles. The fourth-order valence-corrected chi connectivity index (χ4v) is 2.69. The van der Waals surface area contributed by atoms with Gasteiger partial charge in [-0.3, -0.25) is 15.1 Å². The van der Waals surface area contributed by atoms with Crippen LogP contribution in [0, 0.1) is 16.0 Å². The SMILES string of the molecule is CC(C)N(CC1CCNCC1)c1ccncc1[N+](=O)[O-]. The highest BCUT2D eigenvalue weighted by Gasteiger charge is 2.24. The van der Waals surface area contributed by atoms with E-state index in [1.165, 1.54) is 6.20 Å². The highest BCUT2D eigenvalue weighted by atomic mass is 16.6. The molecule has 1 aromatic rings. The van der Waals surface area contributed by atoms with Gasteiger partial charge in [0.2, 0.25) is 0 Å². The Balaban J connectivity index is 2.21. The lowest BCUT2D eigenvalue weighted by atomic mass is 9.96. The van der Waals surface area contributed by atoms with Crippen molar-refractivity contribution in [2.45, 2.75) is 32.7 Å². The van der Waals surface area contributed by atoms with Gasteiger partial charge in [0.15, 0.2) is 0 Å². The Morgan fingerprint density at radius 2 is 2.20 bits per heavy atom. The summed E-state index contributed by atoms with van der Waals surface area (Å²) in [5.74, 6) is 0.589. The Morgan fingerprint density at radius 3 is 2.80 bits per heavy atom. The van der Waals surface area contributed by atoms with Gasteiger partial charge in [0.25, 0.3) is 0 Å². The number of nitrogens with zero attached hydrogens (tertiary/aromatic N) is 3. The van der Waals surface area contributed by atoms with Crippen molar-refractivity contribution < 1.29 is 4.92 Å². The molecule has 1 fully saturated rings. The zero-order valence-corrected chi connectivity index (χ0v) is 12.1. The van der Waals surface area contributed by atoms with E-state index in [1.807, 2.05) is 0 Å². The van der Waals surface area contributed by atoms with Crippen LogP contribution in [-0.2, 0) is 0 Å². The number of nitrogens with one attached hydrogen (secondary N) is 1. The average Bonchev–Trinajstić information content (AvgIpc) is 2.45. The predicted molar refractivity (Wildman–Crippen MR) is 79.0 cm³/mol. The van der Waals surface area contributed by atoms with Crippen LogP contribution in [-0.4, -0.2) is 35.6 Å². The number of anilines is 1. The number of aromatic nitrogens is 1. The normalized spacial score (nSPS) is 16.4. The Hall–Kier alpha value is -1.69. The van der Waals surface area contributed by atoms with Crippen molar-refractivity contribution in [2.24, 2.45) is 5.92 Å². The minimum atomic E-state index is -0.347. The van der Waals surface area contributed by atoms with E-state index in [0.29, 0.717) is 11.6 Å². The molecular formula is C14H22N4O2. The Kier molecular flexibility index (Phi) is 4.89. The van der Waals surface area contributed by atoms with Crippen LogP contribution in [0.25, 0.3) is 0 Å². The van der Waals surface area contributed by atoms with Gasteiger partial charge in [-0.15, -0.1) is 0 Å². The van der Waals surface area contributed by atoms with Crippen molar-refractivity contribution in [1.82, 2.24) is 10.3 Å². The van der Waals surface area contributed by atoms with Crippen LogP contribution in [0.1, 0.15) is 26.7 Å². The molecule has 1 N–H and O–H groups in total. The molecule has 0 atom stereocenters. The van der Waals surface area contributed by atoms with E-state index in [9.17, 15) is 10.1 Å². The van der Waals surface area contributed by atoms with Gasteiger partial charge in [0.1, 0.15) is 11.9 Å². The summed E-state index contributed by atoms with van der Waals surface area (Å²) in [5, 5.41) is 14.5. The van der Waals surface area contributed by atoms with Gasteiger partial charge in [0.05, 0.1) is 4.92 Å². The largest absolute Gasteiger partial charge is 0.363 e. The highest BCUT2D eigenvalue weighted by molar-refractivity contribution is 5.62. The minimum Gasteiger partial charge on any atom is -0.363 e. The number of piperidine rings is 1. The van der Waals surface area contributed by atoms with E-state index < -0.39 is 0 Å². The monoisotopic (exact) mass is 278 g/mol. The predicted octanol–water partition coefficient (Wildman–Crippen LogP) is 2.20. The maximum absolute atomic E-state index is 11.2. The van der Waals surface area contributed by atoms with Crippen molar-refractivity contribution in [3.63, 3.8) is 0 Å². The van der Waals surface area contributed by atoms with Crippen LogP contribution in [0.2, 0.25) is 0 Å². The molecule has 0 bridgehead atoms. The molecule has 6 heteroatoms. The molecule has 1 aliphatic heterocycles. The molecule has 2 heterocycles. The van der Waals surface area contributed by atoms with Crippen LogP contribution >= 0.6 is 0 Å². The first kappa shape index (κ1) is 14.7. The number of nitro groups is 1. The topological polar surface area (TPSA) is 71.3 Å². The molecule has 1 aromatic heterocycles. The second-order valence-corrected chi connectivity index (χ2v) is 5.56. The lowest BCUT2D eigenvalue weighted by Crippen LogP contribution is -2.39. The summed E-state index contributed by atoms with van der Waals surface area (Å²) in [6, 6.07) is 1.98. The summed E-state index contributed by atoms with van der Waals surface area (Å²) >= 11 is 0. The molecule has 2 rings (SSSR count). The fourth-order valence-electron chi connectivity index (χ4n) is 2.69. The number of hydrogen-bond acceptors (Lipinski definition) is 5. The van der Waals surface area contributed by atoms with E-state index in [4.69, 9.17) is 0 Å². The Labute approximate surface area is 119 Å². The van der Waals surface area contributed by atoms with Crippen LogP contribution in [0.3, 0.4) is 0 Å². The molecule has 6 nitrogen and oxygen atoms in total. The number of pyridine rings is 1. The van der Waals surface area contributed by atoms with E-state index >= 15 is 0 Å². The Morgan fingerprint density at radius 1 is 1.50 bits per heavy atom. The first-order valence-electron chi connectivity index (χ1n) is 7.15. The van der Waals surface area contributed by atoms with Crippen LogP contribution in [0.15, 0.2) is 18.5 Å². The van der Waals surface area contributed by atoms with Crippen LogP contribution in [0.4, 0.5) is 11.4 Å². The van der Waals surface area contributed by atoms with Crippen LogP contribution in [0.5, 0.6) is 0 Å². The quantitative estimate of drug-likeness (QED) is 0.660. The molecule has 1 saturated heterocycles. The van der Waals surface area contributed by atoms with Crippen molar-refractivity contribution in [2.75, 3.05) is 24.5 Å². The lowest BCUT2D eigenvalue weighted by molar-refractivity contribution is -0.384. The maximum Gasteiger partial charge on any atom is 0.310 e. The van der Waals surface area contributed by atoms with E-state index in [2.05, 4.69) is 29.0 Å². The summed E-state index contributed by atoms with van der Waals surface area (Å²) in [6.45, 7) is 7.09. The summed E-state index contributed by atoms with van der Waals surface area (Å²) in [6.07, 6.45) is 5.22. The molecule has 1 aliphatic rings.